The van der Waals surface area contributed by atoms with E-state index in [1.54, 1.807) is 47.9 Å². The molecule has 0 aromatic heterocycles. The van der Waals surface area contributed by atoms with Crippen molar-refractivity contribution in [3.63, 3.8) is 0 Å². The molecular formula is C19H20N2O5S. The van der Waals surface area contributed by atoms with Crippen molar-refractivity contribution in [3.8, 4) is 0 Å². The summed E-state index contributed by atoms with van der Waals surface area (Å²) in [6.45, 7) is 1.97. The predicted molar refractivity (Wildman–Crippen MR) is 98.1 cm³/mol. The SMILES string of the molecule is CCOC(=O)[C@H]1CS[C@@H]2CCC[C@@H](N3C(=O)c4ccccc4C3=O)C(=O)N12. The zero-order chi connectivity index (χ0) is 19.1. The summed E-state index contributed by atoms with van der Waals surface area (Å²) in [5.41, 5.74) is 0.655. The summed E-state index contributed by atoms with van der Waals surface area (Å²) in [6.07, 6.45) is 1.84. The number of carbonyl (C=O) groups is 4. The van der Waals surface area contributed by atoms with Gasteiger partial charge in [0.05, 0.1) is 23.1 Å². The van der Waals surface area contributed by atoms with Crippen molar-refractivity contribution in [1.29, 1.82) is 0 Å². The molecule has 0 saturated carbocycles. The van der Waals surface area contributed by atoms with Crippen molar-refractivity contribution in [2.24, 2.45) is 0 Å². The zero-order valence-corrected chi connectivity index (χ0v) is 15.7. The third-order valence-electron chi connectivity index (χ3n) is 5.26. The Bertz CT molecular complexity index is 791. The van der Waals surface area contributed by atoms with E-state index in [-0.39, 0.29) is 17.9 Å². The Kier molecular flexibility index (Phi) is 4.67. The molecule has 27 heavy (non-hydrogen) atoms. The molecule has 2 fully saturated rings. The van der Waals surface area contributed by atoms with Crippen molar-refractivity contribution >= 4 is 35.5 Å². The molecule has 0 radical (unpaired) electrons. The molecule has 4 rings (SSSR count). The Balaban J connectivity index is 1.65. The Morgan fingerprint density at radius 2 is 1.81 bits per heavy atom. The highest BCUT2D eigenvalue weighted by Gasteiger charge is 2.50. The third-order valence-corrected chi connectivity index (χ3v) is 6.61. The highest BCUT2D eigenvalue weighted by atomic mass is 32.2. The van der Waals surface area contributed by atoms with Crippen molar-refractivity contribution in [2.45, 2.75) is 43.6 Å². The van der Waals surface area contributed by atoms with E-state index < -0.39 is 29.9 Å². The van der Waals surface area contributed by atoms with Gasteiger partial charge in [-0.25, -0.2) is 4.79 Å². The highest BCUT2D eigenvalue weighted by Crippen LogP contribution is 2.38. The Labute approximate surface area is 161 Å². The molecule has 2 saturated heterocycles. The Hall–Kier alpha value is -2.35. The van der Waals surface area contributed by atoms with Crippen LogP contribution < -0.4 is 0 Å². The fourth-order valence-corrected chi connectivity index (χ4v) is 5.46. The van der Waals surface area contributed by atoms with Crippen LogP contribution in [0, 0.1) is 0 Å². The molecule has 142 valence electrons. The van der Waals surface area contributed by atoms with Gasteiger partial charge in [0.15, 0.2) is 0 Å². The molecule has 3 amide bonds. The smallest absolute Gasteiger partial charge is 0.329 e. The van der Waals surface area contributed by atoms with E-state index in [0.717, 1.165) is 11.3 Å². The van der Waals surface area contributed by atoms with Gasteiger partial charge in [-0.3, -0.25) is 19.3 Å². The Morgan fingerprint density at radius 1 is 1.15 bits per heavy atom. The molecule has 3 aliphatic heterocycles. The molecule has 1 aromatic carbocycles. The minimum Gasteiger partial charge on any atom is -0.464 e. The van der Waals surface area contributed by atoms with Gasteiger partial charge in [-0.15, -0.1) is 11.8 Å². The summed E-state index contributed by atoms with van der Waals surface area (Å²) in [6, 6.07) is 5.07. The van der Waals surface area contributed by atoms with Gasteiger partial charge in [0.1, 0.15) is 12.1 Å². The Morgan fingerprint density at radius 3 is 2.44 bits per heavy atom. The van der Waals surface area contributed by atoms with E-state index in [1.807, 2.05) is 0 Å². The number of esters is 1. The van der Waals surface area contributed by atoms with Gasteiger partial charge >= 0.3 is 5.97 Å². The molecule has 3 aliphatic rings. The fourth-order valence-electron chi connectivity index (χ4n) is 4.01. The van der Waals surface area contributed by atoms with Gasteiger partial charge < -0.3 is 9.64 Å². The monoisotopic (exact) mass is 388 g/mol. The zero-order valence-electron chi connectivity index (χ0n) is 14.9. The van der Waals surface area contributed by atoms with E-state index in [2.05, 4.69) is 0 Å². The molecule has 0 spiro atoms. The van der Waals surface area contributed by atoms with Crippen LogP contribution in [0.25, 0.3) is 0 Å². The first-order valence-corrected chi connectivity index (χ1v) is 10.2. The number of imide groups is 1. The summed E-state index contributed by atoms with van der Waals surface area (Å²) >= 11 is 1.56. The summed E-state index contributed by atoms with van der Waals surface area (Å²) in [7, 11) is 0. The molecular weight excluding hydrogens is 368 g/mol. The average molecular weight is 388 g/mol. The lowest BCUT2D eigenvalue weighted by molar-refractivity contribution is -0.154. The molecule has 8 heteroatoms. The topological polar surface area (TPSA) is 84.0 Å². The number of amides is 3. The standard InChI is InChI=1S/C19H20N2O5S/c1-2-26-19(25)14-10-27-15-9-5-8-13(18(24)20(14)15)21-16(22)11-6-3-4-7-12(11)17(21)23/h3-4,6-7,13-15H,2,5,8-10H2,1H3/t13-,14-,15-/m1/s1. The molecule has 3 heterocycles. The number of rotatable bonds is 3. The second-order valence-electron chi connectivity index (χ2n) is 6.77. The fraction of sp³-hybridized carbons (Fsp3) is 0.474. The van der Waals surface area contributed by atoms with Gasteiger partial charge in [0, 0.05) is 5.75 Å². The summed E-state index contributed by atoms with van der Waals surface area (Å²) in [5, 5.41) is -0.118. The molecule has 0 unspecified atom stereocenters. The quantitative estimate of drug-likeness (QED) is 0.579. The normalized spacial score (nSPS) is 27.4. The van der Waals surface area contributed by atoms with Gasteiger partial charge in [-0.05, 0) is 38.3 Å². The molecule has 3 atom stereocenters. The molecule has 0 N–H and O–H groups in total. The van der Waals surface area contributed by atoms with E-state index in [1.165, 1.54) is 0 Å². The van der Waals surface area contributed by atoms with Crippen molar-refractivity contribution in [2.75, 3.05) is 12.4 Å². The van der Waals surface area contributed by atoms with E-state index in [0.29, 0.717) is 29.7 Å². The van der Waals surface area contributed by atoms with E-state index in [9.17, 15) is 19.2 Å². The number of benzene rings is 1. The molecule has 0 aliphatic carbocycles. The van der Waals surface area contributed by atoms with Crippen LogP contribution in [0.4, 0.5) is 0 Å². The minimum atomic E-state index is -0.877. The number of hydrogen-bond acceptors (Lipinski definition) is 6. The number of thioether (sulfide) groups is 1. The van der Waals surface area contributed by atoms with Gasteiger partial charge in [0.2, 0.25) is 5.91 Å². The van der Waals surface area contributed by atoms with Crippen LogP contribution in [0.2, 0.25) is 0 Å². The maximum atomic E-state index is 13.3. The number of ether oxygens (including phenoxy) is 1. The summed E-state index contributed by atoms with van der Waals surface area (Å²) in [5.74, 6) is -1.16. The average Bonchev–Trinajstić information content (AvgIpc) is 3.14. The van der Waals surface area contributed by atoms with Gasteiger partial charge in [-0.2, -0.15) is 0 Å². The van der Waals surface area contributed by atoms with Gasteiger partial charge in [-0.1, -0.05) is 12.1 Å². The second-order valence-corrected chi connectivity index (χ2v) is 7.98. The van der Waals surface area contributed by atoms with Crippen molar-refractivity contribution in [3.05, 3.63) is 35.4 Å². The van der Waals surface area contributed by atoms with Crippen LogP contribution in [0.1, 0.15) is 46.9 Å². The largest absolute Gasteiger partial charge is 0.464 e. The lowest BCUT2D eigenvalue weighted by atomic mass is 10.1. The van der Waals surface area contributed by atoms with Crippen LogP contribution in [0.15, 0.2) is 24.3 Å². The predicted octanol–water partition coefficient (Wildman–Crippen LogP) is 1.67. The number of fused-ring (bicyclic) bond motifs is 2. The van der Waals surface area contributed by atoms with Crippen LogP contribution in [-0.2, 0) is 14.3 Å². The summed E-state index contributed by atoms with van der Waals surface area (Å²) in [4.78, 5) is 53.9. The second kappa shape index (κ2) is 6.99. The minimum absolute atomic E-state index is 0.118. The van der Waals surface area contributed by atoms with E-state index >= 15 is 0 Å². The van der Waals surface area contributed by atoms with Crippen LogP contribution in [0.3, 0.4) is 0 Å². The van der Waals surface area contributed by atoms with E-state index in [4.69, 9.17) is 4.74 Å². The van der Waals surface area contributed by atoms with Crippen molar-refractivity contribution in [1.82, 2.24) is 9.80 Å². The molecule has 7 nitrogen and oxygen atoms in total. The summed E-state index contributed by atoms with van der Waals surface area (Å²) < 4.78 is 5.12. The van der Waals surface area contributed by atoms with Gasteiger partial charge in [0.25, 0.3) is 11.8 Å². The van der Waals surface area contributed by atoms with Crippen molar-refractivity contribution < 1.29 is 23.9 Å². The lowest BCUT2D eigenvalue weighted by Crippen LogP contribution is -2.54. The molecule has 1 aromatic rings. The number of nitrogens with zero attached hydrogens (tertiary/aromatic N) is 2. The maximum Gasteiger partial charge on any atom is 0.329 e. The maximum absolute atomic E-state index is 13.3. The number of hydrogen-bond donors (Lipinski definition) is 0. The van der Waals surface area contributed by atoms with Crippen LogP contribution >= 0.6 is 11.8 Å². The van der Waals surface area contributed by atoms with Crippen LogP contribution in [-0.4, -0.2) is 63.3 Å². The third kappa shape index (κ3) is 2.82. The lowest BCUT2D eigenvalue weighted by Gasteiger charge is -2.31. The first kappa shape index (κ1) is 18.0. The first-order valence-electron chi connectivity index (χ1n) is 9.12. The first-order chi connectivity index (χ1) is 13.0. The molecule has 0 bridgehead atoms. The van der Waals surface area contributed by atoms with Crippen LogP contribution in [0.5, 0.6) is 0 Å². The highest BCUT2D eigenvalue weighted by molar-refractivity contribution is 8.00. The number of carbonyl (C=O) groups excluding carboxylic acids is 4.